The predicted octanol–water partition coefficient (Wildman–Crippen LogP) is 2.54. The van der Waals surface area contributed by atoms with E-state index in [1.807, 2.05) is 28.9 Å². The second kappa shape index (κ2) is 3.67. The zero-order chi connectivity index (χ0) is 11.0. The average Bonchev–Trinajstić information content (AvgIpc) is 3.05. The van der Waals surface area contributed by atoms with Crippen LogP contribution in [0.2, 0.25) is 0 Å². The van der Waals surface area contributed by atoms with Crippen molar-refractivity contribution in [2.45, 2.75) is 19.4 Å². The Labute approximate surface area is 94.9 Å². The normalized spacial score (nSPS) is 15.2. The van der Waals surface area contributed by atoms with Gasteiger partial charge in [0.1, 0.15) is 5.82 Å². The fourth-order valence-electron chi connectivity index (χ4n) is 1.87. The van der Waals surface area contributed by atoms with Gasteiger partial charge in [0.05, 0.1) is 5.69 Å². The molecule has 0 radical (unpaired) electrons. The van der Waals surface area contributed by atoms with Crippen molar-refractivity contribution < 1.29 is 0 Å². The van der Waals surface area contributed by atoms with Gasteiger partial charge in [0, 0.05) is 18.2 Å². The molecule has 82 valence electrons. The molecule has 1 heterocycles. The summed E-state index contributed by atoms with van der Waals surface area (Å²) >= 11 is 0. The van der Waals surface area contributed by atoms with Crippen LogP contribution in [-0.4, -0.2) is 9.78 Å². The molecule has 3 rings (SSSR count). The fraction of sp³-hybridized carbons (Fsp3) is 0.308. The van der Waals surface area contributed by atoms with E-state index in [4.69, 9.17) is 5.73 Å². The number of anilines is 1. The van der Waals surface area contributed by atoms with Crippen molar-refractivity contribution in [3.63, 3.8) is 0 Å². The number of benzene rings is 1. The molecule has 1 fully saturated rings. The lowest BCUT2D eigenvalue weighted by Crippen LogP contribution is -2.05. The van der Waals surface area contributed by atoms with Crippen LogP contribution in [0.5, 0.6) is 0 Å². The van der Waals surface area contributed by atoms with Crippen molar-refractivity contribution >= 4 is 5.82 Å². The highest BCUT2D eigenvalue weighted by atomic mass is 15.3. The largest absolute Gasteiger partial charge is 0.384 e. The maximum atomic E-state index is 5.96. The Morgan fingerprint density at radius 2 is 2.00 bits per heavy atom. The number of nitrogens with two attached hydrogens (primary N) is 1. The van der Waals surface area contributed by atoms with Gasteiger partial charge < -0.3 is 5.73 Å². The molecule has 1 saturated carbocycles. The van der Waals surface area contributed by atoms with Gasteiger partial charge in [-0.15, -0.1) is 0 Å². The lowest BCUT2D eigenvalue weighted by atomic mass is 10.2. The van der Waals surface area contributed by atoms with E-state index < -0.39 is 0 Å². The second-order valence-electron chi connectivity index (χ2n) is 4.45. The van der Waals surface area contributed by atoms with E-state index in [2.05, 4.69) is 17.2 Å². The van der Waals surface area contributed by atoms with E-state index in [1.165, 1.54) is 12.8 Å². The Morgan fingerprint density at radius 3 is 2.69 bits per heavy atom. The molecule has 0 atom stereocenters. The lowest BCUT2D eigenvalue weighted by Gasteiger charge is -2.00. The molecule has 1 aliphatic rings. The summed E-state index contributed by atoms with van der Waals surface area (Å²) in [7, 11) is 0. The Balaban J connectivity index is 1.90. The first-order valence-electron chi connectivity index (χ1n) is 5.71. The Hall–Kier alpha value is -1.77. The maximum Gasteiger partial charge on any atom is 0.122 e. The Kier molecular flexibility index (Phi) is 2.17. The highest BCUT2D eigenvalue weighted by molar-refractivity contribution is 5.62. The van der Waals surface area contributed by atoms with Crippen molar-refractivity contribution in [2.24, 2.45) is 5.92 Å². The average molecular weight is 213 g/mol. The number of rotatable bonds is 3. The Bertz CT molecular complexity index is 483. The van der Waals surface area contributed by atoms with Gasteiger partial charge in [-0.25, -0.2) is 4.68 Å². The summed E-state index contributed by atoms with van der Waals surface area (Å²) in [6.45, 7) is 0.971. The van der Waals surface area contributed by atoms with Crippen LogP contribution < -0.4 is 5.73 Å². The standard InChI is InChI=1S/C13H15N3/c14-13-8-12(11-4-2-1-3-5-11)15-16(13)9-10-6-7-10/h1-5,8,10H,6-7,9,14H2. The molecular weight excluding hydrogens is 198 g/mol. The minimum atomic E-state index is 0.769. The first kappa shape index (κ1) is 9.46. The van der Waals surface area contributed by atoms with Crippen molar-refractivity contribution in [1.82, 2.24) is 9.78 Å². The molecule has 0 saturated heterocycles. The SMILES string of the molecule is Nc1cc(-c2ccccc2)nn1CC1CC1. The van der Waals surface area contributed by atoms with E-state index in [1.54, 1.807) is 0 Å². The molecule has 3 nitrogen and oxygen atoms in total. The Morgan fingerprint density at radius 1 is 1.25 bits per heavy atom. The monoisotopic (exact) mass is 213 g/mol. The molecule has 2 aromatic rings. The summed E-state index contributed by atoms with van der Waals surface area (Å²) in [6.07, 6.45) is 2.64. The van der Waals surface area contributed by atoms with Crippen LogP contribution in [0.1, 0.15) is 12.8 Å². The van der Waals surface area contributed by atoms with Gasteiger partial charge in [0.15, 0.2) is 0 Å². The third kappa shape index (κ3) is 1.81. The zero-order valence-corrected chi connectivity index (χ0v) is 9.13. The quantitative estimate of drug-likeness (QED) is 0.851. The minimum absolute atomic E-state index is 0.769. The van der Waals surface area contributed by atoms with Crippen molar-refractivity contribution in [3.8, 4) is 11.3 Å². The van der Waals surface area contributed by atoms with E-state index in [-0.39, 0.29) is 0 Å². The second-order valence-corrected chi connectivity index (χ2v) is 4.45. The van der Waals surface area contributed by atoms with Crippen molar-refractivity contribution in [2.75, 3.05) is 5.73 Å². The van der Waals surface area contributed by atoms with E-state index in [0.29, 0.717) is 0 Å². The van der Waals surface area contributed by atoms with Gasteiger partial charge >= 0.3 is 0 Å². The van der Waals surface area contributed by atoms with Crippen LogP contribution in [0.15, 0.2) is 36.4 Å². The molecule has 1 aliphatic carbocycles. The summed E-state index contributed by atoms with van der Waals surface area (Å²) < 4.78 is 1.93. The molecule has 0 amide bonds. The van der Waals surface area contributed by atoms with E-state index in [0.717, 1.165) is 29.5 Å². The van der Waals surface area contributed by atoms with Gasteiger partial charge in [-0.3, -0.25) is 0 Å². The number of hydrogen-bond donors (Lipinski definition) is 1. The van der Waals surface area contributed by atoms with Gasteiger partial charge in [0.2, 0.25) is 0 Å². The molecule has 0 aliphatic heterocycles. The maximum absolute atomic E-state index is 5.96. The van der Waals surface area contributed by atoms with Gasteiger partial charge in [-0.2, -0.15) is 5.10 Å². The number of nitrogen functional groups attached to an aromatic ring is 1. The highest BCUT2D eigenvalue weighted by Crippen LogP contribution is 2.31. The van der Waals surface area contributed by atoms with Crippen LogP contribution in [0.4, 0.5) is 5.82 Å². The summed E-state index contributed by atoms with van der Waals surface area (Å²) in [4.78, 5) is 0. The van der Waals surface area contributed by atoms with Crippen molar-refractivity contribution in [3.05, 3.63) is 36.4 Å². The molecule has 16 heavy (non-hydrogen) atoms. The third-order valence-electron chi connectivity index (χ3n) is 3.01. The molecule has 3 heteroatoms. The van der Waals surface area contributed by atoms with Crippen LogP contribution in [0.25, 0.3) is 11.3 Å². The minimum Gasteiger partial charge on any atom is -0.384 e. The van der Waals surface area contributed by atoms with Gasteiger partial charge in [-0.05, 0) is 18.8 Å². The summed E-state index contributed by atoms with van der Waals surface area (Å²) in [6, 6.07) is 12.1. The van der Waals surface area contributed by atoms with Crippen LogP contribution in [0, 0.1) is 5.92 Å². The molecule has 1 aromatic heterocycles. The zero-order valence-electron chi connectivity index (χ0n) is 9.13. The lowest BCUT2D eigenvalue weighted by molar-refractivity contribution is 0.572. The van der Waals surface area contributed by atoms with Gasteiger partial charge in [0.25, 0.3) is 0 Å². The molecule has 0 bridgehead atoms. The number of nitrogens with zero attached hydrogens (tertiary/aromatic N) is 2. The smallest absolute Gasteiger partial charge is 0.122 e. The van der Waals surface area contributed by atoms with E-state index >= 15 is 0 Å². The number of hydrogen-bond acceptors (Lipinski definition) is 2. The van der Waals surface area contributed by atoms with Crippen molar-refractivity contribution in [1.29, 1.82) is 0 Å². The molecule has 0 spiro atoms. The summed E-state index contributed by atoms with van der Waals surface area (Å²) in [5.41, 5.74) is 8.05. The first-order chi connectivity index (χ1) is 7.83. The molecule has 1 aromatic carbocycles. The molecule has 2 N–H and O–H groups in total. The van der Waals surface area contributed by atoms with Gasteiger partial charge in [-0.1, -0.05) is 30.3 Å². The molecule has 0 unspecified atom stereocenters. The highest BCUT2D eigenvalue weighted by Gasteiger charge is 2.23. The molecular formula is C13H15N3. The van der Waals surface area contributed by atoms with E-state index in [9.17, 15) is 0 Å². The number of aromatic nitrogens is 2. The topological polar surface area (TPSA) is 43.8 Å². The third-order valence-corrected chi connectivity index (χ3v) is 3.01. The summed E-state index contributed by atoms with van der Waals surface area (Å²) in [5, 5.41) is 4.55. The summed E-state index contributed by atoms with van der Waals surface area (Å²) in [5.74, 6) is 1.57. The predicted molar refractivity (Wildman–Crippen MR) is 64.8 cm³/mol. The van der Waals surface area contributed by atoms with Crippen LogP contribution in [0.3, 0.4) is 0 Å². The van der Waals surface area contributed by atoms with Crippen LogP contribution >= 0.6 is 0 Å². The first-order valence-corrected chi connectivity index (χ1v) is 5.71. The fourth-order valence-corrected chi connectivity index (χ4v) is 1.87. The van der Waals surface area contributed by atoms with Crippen LogP contribution in [-0.2, 0) is 6.54 Å².